The fraction of sp³-hybridized carbons (Fsp3) is 0.333. The zero-order valence-electron chi connectivity index (χ0n) is 16.4. The molecule has 0 amide bonds. The number of hydrogen-bond acceptors (Lipinski definition) is 7. The number of benzene rings is 1. The molecular weight excluding hydrogens is 364 g/mol. The number of guanidine groups is 2. The lowest BCUT2D eigenvalue weighted by Gasteiger charge is -2.45. The molecule has 148 valence electrons. The van der Waals surface area contributed by atoms with Crippen LogP contribution in [0.15, 0.2) is 52.6 Å². The van der Waals surface area contributed by atoms with Gasteiger partial charge in [-0.1, -0.05) is 18.6 Å². The molecule has 3 heterocycles. The molecule has 0 radical (unpaired) electrons. The van der Waals surface area contributed by atoms with E-state index < -0.39 is 5.66 Å². The van der Waals surface area contributed by atoms with Crippen LogP contribution in [0.3, 0.4) is 0 Å². The van der Waals surface area contributed by atoms with Crippen LogP contribution in [0.4, 0.5) is 5.69 Å². The molecule has 8 nitrogen and oxygen atoms in total. The average molecular weight is 388 g/mol. The van der Waals surface area contributed by atoms with Crippen LogP contribution in [0.25, 0.3) is 16.9 Å². The third kappa shape index (κ3) is 2.91. The smallest absolute Gasteiger partial charge is 0.220 e. The number of nitrogens with zero attached hydrogens (tertiary/aromatic N) is 6. The van der Waals surface area contributed by atoms with E-state index >= 15 is 0 Å². The van der Waals surface area contributed by atoms with Crippen molar-refractivity contribution in [1.29, 1.82) is 0 Å². The molecule has 0 unspecified atom stereocenters. The van der Waals surface area contributed by atoms with E-state index in [1.54, 1.807) is 0 Å². The fourth-order valence-electron chi connectivity index (χ4n) is 4.53. The second kappa shape index (κ2) is 6.58. The first-order chi connectivity index (χ1) is 14.1. The Morgan fingerprint density at radius 2 is 1.86 bits per heavy atom. The Hall–Kier alpha value is -3.42. The van der Waals surface area contributed by atoms with Crippen LogP contribution in [-0.2, 0) is 0 Å². The van der Waals surface area contributed by atoms with E-state index in [1.807, 2.05) is 41.9 Å². The summed E-state index contributed by atoms with van der Waals surface area (Å²) in [5.74, 6) is 0.658. The Bertz CT molecular complexity index is 1140. The van der Waals surface area contributed by atoms with Gasteiger partial charge in [-0.25, -0.2) is 14.5 Å². The topological polar surface area (TPSA) is 110 Å². The van der Waals surface area contributed by atoms with Crippen molar-refractivity contribution in [1.82, 2.24) is 14.6 Å². The zero-order valence-corrected chi connectivity index (χ0v) is 16.4. The molecule has 1 fully saturated rings. The van der Waals surface area contributed by atoms with Gasteiger partial charge in [-0.2, -0.15) is 10.1 Å². The Labute approximate surface area is 169 Å². The number of hydrogen-bond donors (Lipinski definition) is 2. The lowest BCUT2D eigenvalue weighted by molar-refractivity contribution is 0.305. The van der Waals surface area contributed by atoms with Crippen molar-refractivity contribution in [2.24, 2.45) is 21.5 Å². The average Bonchev–Trinajstić information content (AvgIpc) is 3.08. The number of fused-ring (bicyclic) bond motifs is 1. The van der Waals surface area contributed by atoms with Crippen LogP contribution >= 0.6 is 0 Å². The summed E-state index contributed by atoms with van der Waals surface area (Å²) in [4.78, 5) is 15.5. The second-order valence-electron chi connectivity index (χ2n) is 7.75. The van der Waals surface area contributed by atoms with Crippen molar-refractivity contribution in [3.05, 3.63) is 48.3 Å². The summed E-state index contributed by atoms with van der Waals surface area (Å²) >= 11 is 0. The predicted molar refractivity (Wildman–Crippen MR) is 115 cm³/mol. The molecule has 29 heavy (non-hydrogen) atoms. The molecule has 4 N–H and O–H groups in total. The standard InChI is InChI=1S/C21H24N8/c1-14-12-18-24-11-8-17(29(18)27-14)15-6-5-7-16(13-15)28-20(23)25-19(22)26-21(28)9-3-2-4-10-21/h5-8,11-13H,2-4,9-10H2,1H3,(H4,22,23,25,26). The summed E-state index contributed by atoms with van der Waals surface area (Å²) in [6, 6.07) is 12.2. The molecule has 5 rings (SSSR count). The minimum atomic E-state index is -0.456. The lowest BCUT2D eigenvalue weighted by Crippen LogP contribution is -2.58. The summed E-state index contributed by atoms with van der Waals surface area (Å²) < 4.78 is 1.87. The Kier molecular flexibility index (Phi) is 4.01. The number of aromatic nitrogens is 3. The molecule has 1 aliphatic heterocycles. The number of anilines is 1. The number of rotatable bonds is 2. The van der Waals surface area contributed by atoms with E-state index in [0.29, 0.717) is 5.96 Å². The Morgan fingerprint density at radius 3 is 2.69 bits per heavy atom. The molecule has 1 aromatic carbocycles. The number of nitrogens with two attached hydrogens (primary N) is 2. The van der Waals surface area contributed by atoms with Crippen molar-refractivity contribution in [2.75, 3.05) is 4.90 Å². The third-order valence-corrected chi connectivity index (χ3v) is 5.73. The minimum absolute atomic E-state index is 0.264. The fourth-order valence-corrected chi connectivity index (χ4v) is 4.53. The Balaban J connectivity index is 1.63. The molecule has 0 bridgehead atoms. The van der Waals surface area contributed by atoms with E-state index in [1.165, 1.54) is 6.42 Å². The largest absolute Gasteiger partial charge is 0.369 e. The van der Waals surface area contributed by atoms with Gasteiger partial charge in [0.05, 0.1) is 11.4 Å². The van der Waals surface area contributed by atoms with Gasteiger partial charge in [-0.15, -0.1) is 0 Å². The van der Waals surface area contributed by atoms with Crippen LogP contribution in [0.5, 0.6) is 0 Å². The van der Waals surface area contributed by atoms with E-state index in [0.717, 1.165) is 54.0 Å². The highest BCUT2D eigenvalue weighted by Gasteiger charge is 2.42. The molecule has 2 aliphatic rings. The first kappa shape index (κ1) is 17.7. The van der Waals surface area contributed by atoms with E-state index in [9.17, 15) is 0 Å². The molecule has 0 saturated heterocycles. The quantitative estimate of drug-likeness (QED) is 0.701. The summed E-state index contributed by atoms with van der Waals surface area (Å²) in [7, 11) is 0. The van der Waals surface area contributed by atoms with E-state index in [2.05, 4.69) is 32.1 Å². The molecule has 0 atom stereocenters. The van der Waals surface area contributed by atoms with Crippen LogP contribution in [0, 0.1) is 6.92 Å². The maximum absolute atomic E-state index is 6.38. The van der Waals surface area contributed by atoms with Crippen molar-refractivity contribution < 1.29 is 0 Å². The van der Waals surface area contributed by atoms with Gasteiger partial charge in [0, 0.05) is 23.5 Å². The van der Waals surface area contributed by atoms with Crippen LogP contribution < -0.4 is 16.4 Å². The van der Waals surface area contributed by atoms with Gasteiger partial charge in [0.1, 0.15) is 5.66 Å². The Morgan fingerprint density at radius 1 is 1.03 bits per heavy atom. The van der Waals surface area contributed by atoms with Crippen LogP contribution in [-0.4, -0.2) is 32.2 Å². The lowest BCUT2D eigenvalue weighted by atomic mass is 9.87. The first-order valence-electron chi connectivity index (χ1n) is 9.97. The maximum atomic E-state index is 6.38. The normalized spacial score (nSPS) is 18.7. The first-order valence-corrected chi connectivity index (χ1v) is 9.97. The monoisotopic (exact) mass is 388 g/mol. The predicted octanol–water partition coefficient (Wildman–Crippen LogP) is 2.81. The van der Waals surface area contributed by atoms with Crippen LogP contribution in [0.2, 0.25) is 0 Å². The second-order valence-corrected chi connectivity index (χ2v) is 7.75. The highest BCUT2D eigenvalue weighted by atomic mass is 15.4. The van der Waals surface area contributed by atoms with Gasteiger partial charge >= 0.3 is 0 Å². The zero-order chi connectivity index (χ0) is 20.0. The van der Waals surface area contributed by atoms with Crippen molar-refractivity contribution in [2.45, 2.75) is 44.7 Å². The summed E-state index contributed by atoms with van der Waals surface area (Å²) in [6.07, 6.45) is 7.02. The number of aryl methyl sites for hydroxylation is 1. The third-order valence-electron chi connectivity index (χ3n) is 5.73. The van der Waals surface area contributed by atoms with Crippen LogP contribution in [0.1, 0.15) is 37.8 Å². The molecule has 3 aromatic rings. The molecule has 1 saturated carbocycles. The van der Waals surface area contributed by atoms with Gasteiger partial charge in [0.25, 0.3) is 0 Å². The van der Waals surface area contributed by atoms with Gasteiger partial charge in [0.15, 0.2) is 5.65 Å². The molecule has 1 aliphatic carbocycles. The van der Waals surface area contributed by atoms with E-state index in [4.69, 9.17) is 16.5 Å². The van der Waals surface area contributed by atoms with Crippen molar-refractivity contribution in [3.8, 4) is 11.3 Å². The van der Waals surface area contributed by atoms with Crippen molar-refractivity contribution in [3.63, 3.8) is 0 Å². The highest BCUT2D eigenvalue weighted by Crippen LogP contribution is 2.40. The van der Waals surface area contributed by atoms with Crippen molar-refractivity contribution >= 4 is 23.3 Å². The molecule has 2 aromatic heterocycles. The SMILES string of the molecule is Cc1cc2nccc(-c3cccc(N4C(N)=NC(N)=NC45CCCCC5)c3)n2n1. The maximum Gasteiger partial charge on any atom is 0.220 e. The molecule has 1 spiro atoms. The van der Waals surface area contributed by atoms with E-state index in [-0.39, 0.29) is 5.96 Å². The van der Waals surface area contributed by atoms with Gasteiger partial charge < -0.3 is 11.5 Å². The molecular formula is C21H24N8. The van der Waals surface area contributed by atoms with Gasteiger partial charge in [-0.05, 0) is 50.8 Å². The summed E-state index contributed by atoms with van der Waals surface area (Å²) in [5, 5.41) is 4.59. The summed E-state index contributed by atoms with van der Waals surface area (Å²) in [5.41, 5.74) is 16.6. The van der Waals surface area contributed by atoms with Gasteiger partial charge in [0.2, 0.25) is 11.9 Å². The van der Waals surface area contributed by atoms with Gasteiger partial charge in [-0.3, -0.25) is 4.90 Å². The highest BCUT2D eigenvalue weighted by molar-refractivity contribution is 6.05. The summed E-state index contributed by atoms with van der Waals surface area (Å²) in [6.45, 7) is 1.97. The minimum Gasteiger partial charge on any atom is -0.369 e. The molecule has 8 heteroatoms. The number of aliphatic imine (C=N–C) groups is 2.